The summed E-state index contributed by atoms with van der Waals surface area (Å²) in [5.74, 6) is 0.708. The fourth-order valence-corrected chi connectivity index (χ4v) is 3.78. The molecule has 180 valence electrons. The van der Waals surface area contributed by atoms with Gasteiger partial charge in [-0.05, 0) is 35.4 Å². The van der Waals surface area contributed by atoms with Crippen molar-refractivity contribution in [3.63, 3.8) is 0 Å². The van der Waals surface area contributed by atoms with Crippen LogP contribution in [0, 0.1) is 11.3 Å². The molecule has 4 rings (SSSR count). The van der Waals surface area contributed by atoms with E-state index in [1.807, 2.05) is 85.1 Å². The Morgan fingerprint density at radius 3 is 2.28 bits per heavy atom. The Labute approximate surface area is 210 Å². The lowest BCUT2D eigenvalue weighted by Crippen LogP contribution is -2.23. The number of rotatable bonds is 9. The Balaban J connectivity index is 1.69. The number of ether oxygens (including phenoxy) is 2. The van der Waals surface area contributed by atoms with Crippen molar-refractivity contribution in [3.8, 4) is 28.8 Å². The molecule has 0 spiro atoms. The van der Waals surface area contributed by atoms with Gasteiger partial charge in [0.15, 0.2) is 11.5 Å². The van der Waals surface area contributed by atoms with Crippen LogP contribution in [0.5, 0.6) is 11.5 Å². The summed E-state index contributed by atoms with van der Waals surface area (Å²) in [5, 5.41) is 17.4. The van der Waals surface area contributed by atoms with Crippen LogP contribution in [0.2, 0.25) is 0 Å². The topological polar surface area (TPSA) is 89.2 Å². The molecule has 7 heteroatoms. The van der Waals surface area contributed by atoms with Crippen molar-refractivity contribution in [2.45, 2.75) is 13.1 Å². The van der Waals surface area contributed by atoms with Crippen LogP contribution in [0.1, 0.15) is 16.7 Å². The van der Waals surface area contributed by atoms with Crippen molar-refractivity contribution in [1.82, 2.24) is 15.1 Å². The van der Waals surface area contributed by atoms with E-state index in [9.17, 15) is 10.1 Å². The molecule has 7 nitrogen and oxygen atoms in total. The molecule has 0 atom stereocenters. The second-order valence-corrected chi connectivity index (χ2v) is 8.02. The predicted octanol–water partition coefficient (Wildman–Crippen LogP) is 4.84. The van der Waals surface area contributed by atoms with Gasteiger partial charge in [-0.3, -0.25) is 9.48 Å². The van der Waals surface area contributed by atoms with E-state index < -0.39 is 5.91 Å². The Hall–Kier alpha value is -4.83. The van der Waals surface area contributed by atoms with Crippen LogP contribution >= 0.6 is 0 Å². The summed E-state index contributed by atoms with van der Waals surface area (Å²) in [7, 11) is 3.15. The fourth-order valence-electron chi connectivity index (χ4n) is 3.78. The molecule has 1 N–H and O–H groups in total. The van der Waals surface area contributed by atoms with Gasteiger partial charge in [-0.25, -0.2) is 0 Å². The summed E-state index contributed by atoms with van der Waals surface area (Å²) in [6.07, 6.45) is 3.40. The van der Waals surface area contributed by atoms with Crippen molar-refractivity contribution < 1.29 is 14.3 Å². The van der Waals surface area contributed by atoms with Gasteiger partial charge in [0.1, 0.15) is 11.6 Å². The van der Waals surface area contributed by atoms with Crippen LogP contribution in [0.15, 0.2) is 90.6 Å². The first-order chi connectivity index (χ1) is 17.6. The smallest absolute Gasteiger partial charge is 0.262 e. The summed E-state index contributed by atoms with van der Waals surface area (Å²) >= 11 is 0. The van der Waals surface area contributed by atoms with Gasteiger partial charge in [-0.2, -0.15) is 10.4 Å². The van der Waals surface area contributed by atoms with E-state index in [0.29, 0.717) is 35.8 Å². The molecule has 0 aliphatic heterocycles. The molecular formula is C29H26N4O3. The largest absolute Gasteiger partial charge is 0.493 e. The fraction of sp³-hybridized carbons (Fsp3) is 0.138. The average Bonchev–Trinajstić information content (AvgIpc) is 3.32. The molecule has 3 aromatic carbocycles. The van der Waals surface area contributed by atoms with E-state index in [4.69, 9.17) is 14.6 Å². The molecule has 4 aromatic rings. The molecule has 0 fully saturated rings. The molecule has 1 amide bonds. The number of benzene rings is 3. The van der Waals surface area contributed by atoms with Gasteiger partial charge >= 0.3 is 0 Å². The summed E-state index contributed by atoms with van der Waals surface area (Å²) in [4.78, 5) is 12.8. The molecular weight excluding hydrogens is 452 g/mol. The summed E-state index contributed by atoms with van der Waals surface area (Å²) in [6.45, 7) is 0.867. The van der Waals surface area contributed by atoms with Crippen LogP contribution in [-0.2, 0) is 17.9 Å². The molecule has 0 radical (unpaired) electrons. The highest BCUT2D eigenvalue weighted by molar-refractivity contribution is 6.02. The second kappa shape index (κ2) is 11.5. The van der Waals surface area contributed by atoms with E-state index in [1.165, 1.54) is 0 Å². The zero-order chi connectivity index (χ0) is 25.3. The number of amides is 1. The van der Waals surface area contributed by atoms with Crippen LogP contribution in [-0.4, -0.2) is 29.9 Å². The molecule has 1 heterocycles. The third-order valence-corrected chi connectivity index (χ3v) is 5.60. The lowest BCUT2D eigenvalue weighted by molar-refractivity contribution is -0.117. The van der Waals surface area contributed by atoms with E-state index in [-0.39, 0.29) is 5.57 Å². The SMILES string of the molecule is COc1ccc(-c2nn(Cc3ccccc3)cc2/C=C(\C#N)C(=O)NCc2ccccc2)cc1OC. The Kier molecular flexibility index (Phi) is 7.79. The van der Waals surface area contributed by atoms with Crippen LogP contribution in [0.3, 0.4) is 0 Å². The minimum atomic E-state index is -0.449. The first kappa shape index (κ1) is 24.3. The Bertz CT molecular complexity index is 1400. The molecule has 0 saturated carbocycles. The highest BCUT2D eigenvalue weighted by atomic mass is 16.5. The van der Waals surface area contributed by atoms with Gasteiger partial charge in [-0.1, -0.05) is 60.7 Å². The maximum absolute atomic E-state index is 12.8. The van der Waals surface area contributed by atoms with Crippen LogP contribution in [0.25, 0.3) is 17.3 Å². The number of hydrogen-bond donors (Lipinski definition) is 1. The maximum Gasteiger partial charge on any atom is 0.262 e. The quantitative estimate of drug-likeness (QED) is 0.275. The molecule has 0 aliphatic carbocycles. The molecule has 36 heavy (non-hydrogen) atoms. The number of nitriles is 1. The first-order valence-electron chi connectivity index (χ1n) is 11.4. The number of aromatic nitrogens is 2. The van der Waals surface area contributed by atoms with Gasteiger partial charge in [-0.15, -0.1) is 0 Å². The lowest BCUT2D eigenvalue weighted by atomic mass is 10.0. The third kappa shape index (κ3) is 5.80. The van der Waals surface area contributed by atoms with E-state index in [2.05, 4.69) is 5.32 Å². The zero-order valence-corrected chi connectivity index (χ0v) is 20.1. The third-order valence-electron chi connectivity index (χ3n) is 5.60. The summed E-state index contributed by atoms with van der Waals surface area (Å²) in [5.41, 5.74) is 4.06. The Morgan fingerprint density at radius 2 is 1.64 bits per heavy atom. The van der Waals surface area contributed by atoms with E-state index >= 15 is 0 Å². The molecule has 0 saturated heterocycles. The lowest BCUT2D eigenvalue weighted by Gasteiger charge is -2.09. The van der Waals surface area contributed by atoms with E-state index in [0.717, 1.165) is 16.7 Å². The van der Waals surface area contributed by atoms with Gasteiger partial charge in [0.2, 0.25) is 0 Å². The van der Waals surface area contributed by atoms with Crippen LogP contribution in [0.4, 0.5) is 0 Å². The first-order valence-corrected chi connectivity index (χ1v) is 11.4. The number of carbonyl (C=O) groups excluding carboxylic acids is 1. The van der Waals surface area contributed by atoms with Crippen molar-refractivity contribution >= 4 is 12.0 Å². The normalized spacial score (nSPS) is 11.0. The van der Waals surface area contributed by atoms with Gasteiger partial charge in [0, 0.05) is 23.9 Å². The van der Waals surface area contributed by atoms with Gasteiger partial charge in [0.05, 0.1) is 26.5 Å². The maximum atomic E-state index is 12.8. The number of hydrogen-bond acceptors (Lipinski definition) is 5. The van der Waals surface area contributed by atoms with E-state index in [1.54, 1.807) is 31.0 Å². The predicted molar refractivity (Wildman–Crippen MR) is 138 cm³/mol. The minimum Gasteiger partial charge on any atom is -0.493 e. The molecule has 1 aromatic heterocycles. The van der Waals surface area contributed by atoms with Crippen LogP contribution < -0.4 is 14.8 Å². The number of nitrogens with one attached hydrogen (secondary N) is 1. The average molecular weight is 479 g/mol. The number of nitrogens with zero attached hydrogens (tertiary/aromatic N) is 3. The van der Waals surface area contributed by atoms with Crippen molar-refractivity contribution in [1.29, 1.82) is 5.26 Å². The molecule has 0 aliphatic rings. The molecule has 0 unspecified atom stereocenters. The number of methoxy groups -OCH3 is 2. The van der Waals surface area contributed by atoms with Crippen molar-refractivity contribution in [3.05, 3.63) is 107 Å². The van der Waals surface area contributed by atoms with Gasteiger partial charge < -0.3 is 14.8 Å². The zero-order valence-electron chi connectivity index (χ0n) is 20.1. The van der Waals surface area contributed by atoms with Crippen molar-refractivity contribution in [2.24, 2.45) is 0 Å². The van der Waals surface area contributed by atoms with Crippen molar-refractivity contribution in [2.75, 3.05) is 14.2 Å². The Morgan fingerprint density at radius 1 is 0.972 bits per heavy atom. The second-order valence-electron chi connectivity index (χ2n) is 8.02. The highest BCUT2D eigenvalue weighted by Crippen LogP contribution is 2.33. The standard InChI is InChI=1S/C29H26N4O3/c1-35-26-14-13-23(16-27(26)36-2)28-25(20-33(32-28)19-22-11-7-4-8-12-22)15-24(17-30)29(34)31-18-21-9-5-3-6-10-21/h3-16,20H,18-19H2,1-2H3,(H,31,34)/b24-15+. The molecule has 0 bridgehead atoms. The van der Waals surface area contributed by atoms with Gasteiger partial charge in [0.25, 0.3) is 5.91 Å². The monoisotopic (exact) mass is 478 g/mol. The summed E-state index contributed by atoms with van der Waals surface area (Å²) < 4.78 is 12.6. The number of carbonyl (C=O) groups is 1. The highest BCUT2D eigenvalue weighted by Gasteiger charge is 2.16. The summed E-state index contributed by atoms with van der Waals surface area (Å²) in [6, 6.07) is 27.0. The minimum absolute atomic E-state index is 0.00748.